The summed E-state index contributed by atoms with van der Waals surface area (Å²) in [6.45, 7) is 6.72. The van der Waals surface area contributed by atoms with Crippen molar-refractivity contribution < 1.29 is 0 Å². The van der Waals surface area contributed by atoms with E-state index in [4.69, 9.17) is 0 Å². The number of likely N-dealkylation sites (N-methyl/N-ethyl adjacent to an activating group) is 1. The zero-order valence-corrected chi connectivity index (χ0v) is 12.1. The molecule has 0 spiro atoms. The molecule has 0 bridgehead atoms. The van der Waals surface area contributed by atoms with Crippen molar-refractivity contribution in [2.75, 3.05) is 33.2 Å². The van der Waals surface area contributed by atoms with Gasteiger partial charge >= 0.3 is 0 Å². The van der Waals surface area contributed by atoms with Crippen molar-refractivity contribution in [2.24, 2.45) is 0 Å². The molecule has 1 aliphatic rings. The van der Waals surface area contributed by atoms with Crippen molar-refractivity contribution >= 4 is 27.3 Å². The first-order chi connectivity index (χ1) is 7.65. The van der Waals surface area contributed by atoms with Crippen LogP contribution < -0.4 is 5.43 Å². The molecule has 1 atom stereocenters. The fourth-order valence-electron chi connectivity index (χ4n) is 1.83. The van der Waals surface area contributed by atoms with Crippen LogP contribution in [0, 0.1) is 0 Å². The monoisotopic (exact) mass is 303 g/mol. The van der Waals surface area contributed by atoms with Gasteiger partial charge in [-0.15, -0.1) is 11.3 Å². The maximum absolute atomic E-state index is 3.57. The van der Waals surface area contributed by atoms with Crippen LogP contribution in [0.4, 0.5) is 0 Å². The summed E-state index contributed by atoms with van der Waals surface area (Å²) in [6, 6.07) is 2.60. The fourth-order valence-corrected chi connectivity index (χ4v) is 3.28. The highest BCUT2D eigenvalue weighted by Crippen LogP contribution is 2.25. The minimum atomic E-state index is 0.403. The van der Waals surface area contributed by atoms with E-state index in [0.29, 0.717) is 6.04 Å². The lowest BCUT2D eigenvalue weighted by molar-refractivity contribution is 0.0905. The minimum absolute atomic E-state index is 0.403. The van der Waals surface area contributed by atoms with Crippen molar-refractivity contribution in [3.63, 3.8) is 0 Å². The van der Waals surface area contributed by atoms with Crippen LogP contribution in [0.25, 0.3) is 0 Å². The second-order valence-electron chi connectivity index (χ2n) is 4.31. The predicted molar refractivity (Wildman–Crippen MR) is 72.6 cm³/mol. The molecule has 90 valence electrons. The van der Waals surface area contributed by atoms with Crippen LogP contribution in [0.2, 0.25) is 0 Å². The molecule has 1 aliphatic heterocycles. The Hall–Kier alpha value is 0.0600. The Bertz CT molecular complexity index is 334. The lowest BCUT2D eigenvalue weighted by Crippen LogP contribution is -2.51. The molecule has 16 heavy (non-hydrogen) atoms. The van der Waals surface area contributed by atoms with E-state index in [9.17, 15) is 0 Å². The number of thiophene rings is 1. The molecular weight excluding hydrogens is 286 g/mol. The van der Waals surface area contributed by atoms with Gasteiger partial charge in [0.2, 0.25) is 0 Å². The Morgan fingerprint density at radius 2 is 2.06 bits per heavy atom. The fraction of sp³-hybridized carbons (Fsp3) is 0.636. The van der Waals surface area contributed by atoms with Crippen LogP contribution in [-0.4, -0.2) is 43.1 Å². The molecule has 2 rings (SSSR count). The van der Waals surface area contributed by atoms with Gasteiger partial charge in [0, 0.05) is 40.9 Å². The van der Waals surface area contributed by atoms with E-state index in [1.54, 1.807) is 11.3 Å². The van der Waals surface area contributed by atoms with E-state index in [0.717, 1.165) is 26.2 Å². The molecule has 5 heteroatoms. The largest absolute Gasteiger partial charge is 0.304 e. The first-order valence-corrected chi connectivity index (χ1v) is 7.26. The van der Waals surface area contributed by atoms with E-state index < -0.39 is 0 Å². The Balaban J connectivity index is 1.85. The lowest BCUT2D eigenvalue weighted by atomic mass is 10.3. The number of rotatable bonds is 3. The van der Waals surface area contributed by atoms with Crippen LogP contribution in [0.5, 0.6) is 0 Å². The zero-order chi connectivity index (χ0) is 11.5. The van der Waals surface area contributed by atoms with Gasteiger partial charge in [-0.25, -0.2) is 10.4 Å². The number of hydrogen-bond acceptors (Lipinski definition) is 4. The Kier molecular flexibility index (Phi) is 4.38. The first-order valence-electron chi connectivity index (χ1n) is 5.59. The highest BCUT2D eigenvalue weighted by Gasteiger charge is 2.16. The topological polar surface area (TPSA) is 18.5 Å². The number of nitrogens with zero attached hydrogens (tertiary/aromatic N) is 2. The quantitative estimate of drug-likeness (QED) is 0.924. The summed E-state index contributed by atoms with van der Waals surface area (Å²) in [4.78, 5) is 3.75. The standard InChI is InChI=1S/C11H18BrN3S/c1-9(11-7-10(12)8-16-11)13-15-5-3-14(2)4-6-15/h7-9,13H,3-6H2,1-2H3. The summed E-state index contributed by atoms with van der Waals surface area (Å²) in [6.07, 6.45) is 0. The third-order valence-corrected chi connectivity index (χ3v) is 4.77. The Morgan fingerprint density at radius 1 is 1.38 bits per heavy atom. The molecule has 0 amide bonds. The maximum Gasteiger partial charge on any atom is 0.0530 e. The van der Waals surface area contributed by atoms with Gasteiger partial charge in [-0.05, 0) is 36.0 Å². The van der Waals surface area contributed by atoms with Crippen LogP contribution in [0.15, 0.2) is 15.9 Å². The molecular formula is C11H18BrN3S. The van der Waals surface area contributed by atoms with Gasteiger partial charge in [0.1, 0.15) is 0 Å². The van der Waals surface area contributed by atoms with Crippen molar-refractivity contribution in [2.45, 2.75) is 13.0 Å². The van der Waals surface area contributed by atoms with Gasteiger partial charge in [-0.2, -0.15) is 0 Å². The first kappa shape index (κ1) is 12.5. The van der Waals surface area contributed by atoms with E-state index in [1.807, 2.05) is 0 Å². The third kappa shape index (κ3) is 3.28. The van der Waals surface area contributed by atoms with Crippen LogP contribution >= 0.6 is 27.3 Å². The average molecular weight is 304 g/mol. The van der Waals surface area contributed by atoms with E-state index in [-0.39, 0.29) is 0 Å². The summed E-state index contributed by atoms with van der Waals surface area (Å²) >= 11 is 5.30. The van der Waals surface area contributed by atoms with Gasteiger partial charge in [0.15, 0.2) is 0 Å². The number of hydrogen-bond donors (Lipinski definition) is 1. The normalized spacial score (nSPS) is 21.2. The second kappa shape index (κ2) is 5.60. The van der Waals surface area contributed by atoms with Gasteiger partial charge in [0.25, 0.3) is 0 Å². The second-order valence-corrected chi connectivity index (χ2v) is 6.17. The SMILES string of the molecule is CC(NN1CCN(C)CC1)c1cc(Br)cs1. The average Bonchev–Trinajstić information content (AvgIpc) is 2.68. The predicted octanol–water partition coefficient (Wildman–Crippen LogP) is 2.32. The molecule has 1 unspecified atom stereocenters. The molecule has 0 radical (unpaired) electrons. The van der Waals surface area contributed by atoms with Gasteiger partial charge < -0.3 is 4.90 Å². The number of piperazine rings is 1. The summed E-state index contributed by atoms with van der Waals surface area (Å²) < 4.78 is 1.18. The van der Waals surface area contributed by atoms with Crippen molar-refractivity contribution in [1.82, 2.24) is 15.3 Å². The number of hydrazine groups is 1. The number of halogens is 1. The van der Waals surface area contributed by atoms with Crippen molar-refractivity contribution in [3.8, 4) is 0 Å². The molecule has 1 saturated heterocycles. The zero-order valence-electron chi connectivity index (χ0n) is 9.74. The van der Waals surface area contributed by atoms with Crippen LogP contribution in [-0.2, 0) is 0 Å². The third-order valence-electron chi connectivity index (χ3n) is 2.89. The summed E-state index contributed by atoms with van der Waals surface area (Å²) in [5, 5.41) is 4.47. The molecule has 0 aromatic carbocycles. The molecule has 2 heterocycles. The smallest absolute Gasteiger partial charge is 0.0530 e. The van der Waals surface area contributed by atoms with Gasteiger partial charge in [-0.1, -0.05) is 0 Å². The minimum Gasteiger partial charge on any atom is -0.304 e. The summed E-state index contributed by atoms with van der Waals surface area (Å²) in [5.41, 5.74) is 3.57. The van der Waals surface area contributed by atoms with Crippen LogP contribution in [0.3, 0.4) is 0 Å². The Morgan fingerprint density at radius 3 is 2.62 bits per heavy atom. The summed E-state index contributed by atoms with van der Waals surface area (Å²) in [5.74, 6) is 0. The molecule has 0 saturated carbocycles. The van der Waals surface area contributed by atoms with E-state index >= 15 is 0 Å². The molecule has 1 aromatic rings. The van der Waals surface area contributed by atoms with Gasteiger partial charge in [0.05, 0.1) is 6.04 Å². The molecule has 1 fully saturated rings. The highest BCUT2D eigenvalue weighted by atomic mass is 79.9. The highest BCUT2D eigenvalue weighted by molar-refractivity contribution is 9.10. The molecule has 3 nitrogen and oxygen atoms in total. The number of nitrogens with one attached hydrogen (secondary N) is 1. The van der Waals surface area contributed by atoms with Crippen molar-refractivity contribution in [3.05, 3.63) is 20.8 Å². The lowest BCUT2D eigenvalue weighted by Gasteiger charge is -2.34. The Labute approximate surface area is 110 Å². The van der Waals surface area contributed by atoms with Crippen molar-refractivity contribution in [1.29, 1.82) is 0 Å². The van der Waals surface area contributed by atoms with Crippen LogP contribution in [0.1, 0.15) is 17.8 Å². The molecule has 0 aliphatic carbocycles. The van der Waals surface area contributed by atoms with E-state index in [2.05, 4.69) is 56.7 Å². The summed E-state index contributed by atoms with van der Waals surface area (Å²) in [7, 11) is 2.18. The molecule has 1 aromatic heterocycles. The van der Waals surface area contributed by atoms with E-state index in [1.165, 1.54) is 9.35 Å². The van der Waals surface area contributed by atoms with Gasteiger partial charge in [-0.3, -0.25) is 0 Å². The molecule has 1 N–H and O–H groups in total. The maximum atomic E-state index is 3.57.